The van der Waals surface area contributed by atoms with Crippen LogP contribution >= 0.6 is 0 Å². The van der Waals surface area contributed by atoms with E-state index in [2.05, 4.69) is 26.6 Å². The summed E-state index contributed by atoms with van der Waals surface area (Å²) in [6.07, 6.45) is 0.480. The Morgan fingerprint density at radius 3 is 2.67 bits per heavy atom. The van der Waals surface area contributed by atoms with E-state index < -0.39 is 18.4 Å². The summed E-state index contributed by atoms with van der Waals surface area (Å²) >= 11 is 0. The van der Waals surface area contributed by atoms with Crippen LogP contribution in [0.1, 0.15) is 13.8 Å². The van der Waals surface area contributed by atoms with E-state index in [1.165, 1.54) is 23.0 Å². The van der Waals surface area contributed by atoms with Gasteiger partial charge >= 0.3 is 0 Å². The molecule has 0 fully saturated rings. The molecule has 0 bridgehead atoms. The van der Waals surface area contributed by atoms with Crippen LogP contribution in [0.25, 0.3) is 16.6 Å². The summed E-state index contributed by atoms with van der Waals surface area (Å²) in [6.45, 7) is 2.80. The van der Waals surface area contributed by atoms with Gasteiger partial charge in [-0.05, 0) is 37.6 Å². The van der Waals surface area contributed by atoms with Gasteiger partial charge < -0.3 is 14.8 Å². The smallest absolute Gasteiger partial charge is 0.272 e. The standard InChI is InChI=1S/C24H23F2N7O3/c1-24(2,13-27)14-36-18-11-28-22(35-12-19(25)26)10-17(18)15-6-7-33-16(8-15)9-21(31-33)29-20-4-5-23(34)32(3)30-20/h4-11,19H,12,14H2,1-3H3,(H,29,30,31). The van der Waals surface area contributed by atoms with Gasteiger partial charge in [0.25, 0.3) is 12.0 Å². The Labute approximate surface area is 204 Å². The van der Waals surface area contributed by atoms with Crippen LogP contribution in [-0.2, 0) is 7.05 Å². The van der Waals surface area contributed by atoms with Crippen molar-refractivity contribution >= 4 is 17.2 Å². The number of nitrogens with zero attached hydrogens (tertiary/aromatic N) is 6. The molecule has 36 heavy (non-hydrogen) atoms. The minimum Gasteiger partial charge on any atom is -0.490 e. The van der Waals surface area contributed by atoms with Crippen molar-refractivity contribution in [1.29, 1.82) is 5.26 Å². The molecule has 4 heterocycles. The molecular formula is C24H23F2N7O3. The zero-order valence-electron chi connectivity index (χ0n) is 19.8. The number of hydrogen-bond acceptors (Lipinski definition) is 8. The topological polar surface area (TPSA) is 119 Å². The van der Waals surface area contributed by atoms with Crippen molar-refractivity contribution in [2.24, 2.45) is 12.5 Å². The summed E-state index contributed by atoms with van der Waals surface area (Å²) in [5.74, 6) is 1.35. The first kappa shape index (κ1) is 24.6. The number of nitriles is 1. The van der Waals surface area contributed by atoms with E-state index in [1.54, 1.807) is 49.8 Å². The van der Waals surface area contributed by atoms with E-state index in [4.69, 9.17) is 9.47 Å². The summed E-state index contributed by atoms with van der Waals surface area (Å²) in [6, 6.07) is 12.0. The molecule has 0 saturated carbocycles. The lowest BCUT2D eigenvalue weighted by molar-refractivity contribution is 0.0795. The fraction of sp³-hybridized carbons (Fsp3) is 0.292. The summed E-state index contributed by atoms with van der Waals surface area (Å²) in [4.78, 5) is 15.6. The molecule has 0 aliphatic carbocycles. The van der Waals surface area contributed by atoms with Crippen LogP contribution in [0.4, 0.5) is 20.4 Å². The highest BCUT2D eigenvalue weighted by atomic mass is 19.3. The van der Waals surface area contributed by atoms with E-state index in [9.17, 15) is 18.8 Å². The number of aromatic nitrogens is 5. The van der Waals surface area contributed by atoms with Crippen molar-refractivity contribution in [2.45, 2.75) is 20.3 Å². The third kappa shape index (κ3) is 5.75. The quantitative estimate of drug-likeness (QED) is 0.372. The molecule has 12 heteroatoms. The number of nitrogens with one attached hydrogen (secondary N) is 1. The molecule has 10 nitrogen and oxygen atoms in total. The maximum Gasteiger partial charge on any atom is 0.272 e. The lowest BCUT2D eigenvalue weighted by Crippen LogP contribution is -2.19. The largest absolute Gasteiger partial charge is 0.490 e. The van der Waals surface area contributed by atoms with E-state index in [1.807, 2.05) is 6.07 Å². The van der Waals surface area contributed by atoms with Crippen molar-refractivity contribution in [3.05, 3.63) is 59.1 Å². The zero-order chi connectivity index (χ0) is 25.9. The van der Waals surface area contributed by atoms with Gasteiger partial charge in [-0.1, -0.05) is 0 Å². The van der Waals surface area contributed by atoms with Gasteiger partial charge in [-0.3, -0.25) is 4.79 Å². The number of fused-ring (bicyclic) bond motifs is 1. The monoisotopic (exact) mass is 495 g/mol. The Morgan fingerprint density at radius 2 is 1.94 bits per heavy atom. The van der Waals surface area contributed by atoms with Crippen molar-refractivity contribution in [1.82, 2.24) is 24.4 Å². The van der Waals surface area contributed by atoms with Crippen LogP contribution in [-0.4, -0.2) is 44.0 Å². The maximum atomic E-state index is 12.6. The van der Waals surface area contributed by atoms with E-state index in [-0.39, 0.29) is 18.0 Å². The highest BCUT2D eigenvalue weighted by Gasteiger charge is 2.20. The first-order chi connectivity index (χ1) is 17.1. The summed E-state index contributed by atoms with van der Waals surface area (Å²) in [5.41, 5.74) is 0.998. The minimum atomic E-state index is -2.64. The van der Waals surface area contributed by atoms with Crippen LogP contribution in [0.15, 0.2) is 53.6 Å². The van der Waals surface area contributed by atoms with Gasteiger partial charge in [0.05, 0.1) is 23.2 Å². The lowest BCUT2D eigenvalue weighted by Gasteiger charge is -2.18. The van der Waals surface area contributed by atoms with Crippen LogP contribution in [0.5, 0.6) is 11.6 Å². The number of ether oxygens (including phenoxy) is 2. The Balaban J connectivity index is 1.67. The molecule has 1 N–H and O–H groups in total. The average molecular weight is 495 g/mol. The van der Waals surface area contributed by atoms with E-state index in [0.717, 1.165) is 5.52 Å². The van der Waals surface area contributed by atoms with Crippen LogP contribution in [0.2, 0.25) is 0 Å². The molecule has 4 aromatic rings. The zero-order valence-corrected chi connectivity index (χ0v) is 19.8. The highest BCUT2D eigenvalue weighted by Crippen LogP contribution is 2.34. The number of rotatable bonds is 9. The Bertz CT molecular complexity index is 1490. The Kier molecular flexibility index (Phi) is 6.82. The summed E-state index contributed by atoms with van der Waals surface area (Å²) in [5, 5.41) is 20.9. The average Bonchev–Trinajstić information content (AvgIpc) is 3.25. The SMILES string of the molecule is Cn1nc(Nc2cc3cc(-c4cc(OCC(F)F)ncc4OCC(C)(C)C#N)ccn3n2)ccc1=O. The van der Waals surface area contributed by atoms with Gasteiger partial charge in [-0.25, -0.2) is 23.0 Å². The van der Waals surface area contributed by atoms with Gasteiger partial charge in [0.15, 0.2) is 18.2 Å². The molecule has 0 spiro atoms. The first-order valence-electron chi connectivity index (χ1n) is 10.9. The summed E-state index contributed by atoms with van der Waals surface area (Å²) < 4.78 is 39.1. The van der Waals surface area contributed by atoms with E-state index in [0.29, 0.717) is 28.5 Å². The number of anilines is 2. The second-order valence-electron chi connectivity index (χ2n) is 8.63. The van der Waals surface area contributed by atoms with Gasteiger partial charge in [-0.2, -0.15) is 15.5 Å². The van der Waals surface area contributed by atoms with Gasteiger partial charge in [0.1, 0.15) is 12.4 Å². The Hall–Kier alpha value is -4.53. The van der Waals surface area contributed by atoms with Crippen molar-refractivity contribution in [3.8, 4) is 28.8 Å². The van der Waals surface area contributed by atoms with Gasteiger partial charge in [0, 0.05) is 37.0 Å². The second kappa shape index (κ2) is 9.99. The molecule has 0 unspecified atom stereocenters. The Morgan fingerprint density at radius 1 is 1.14 bits per heavy atom. The van der Waals surface area contributed by atoms with Crippen LogP contribution in [0.3, 0.4) is 0 Å². The van der Waals surface area contributed by atoms with Gasteiger partial charge in [0.2, 0.25) is 5.88 Å². The van der Waals surface area contributed by atoms with Crippen molar-refractivity contribution in [3.63, 3.8) is 0 Å². The van der Waals surface area contributed by atoms with Crippen LogP contribution < -0.4 is 20.3 Å². The van der Waals surface area contributed by atoms with Crippen LogP contribution in [0, 0.1) is 16.7 Å². The van der Waals surface area contributed by atoms with Crippen molar-refractivity contribution in [2.75, 3.05) is 18.5 Å². The maximum absolute atomic E-state index is 12.6. The molecule has 4 aromatic heterocycles. The molecule has 4 rings (SSSR count). The number of hydrogen-bond donors (Lipinski definition) is 1. The molecule has 0 saturated heterocycles. The first-order valence-corrected chi connectivity index (χ1v) is 10.9. The van der Waals surface area contributed by atoms with E-state index >= 15 is 0 Å². The highest BCUT2D eigenvalue weighted by molar-refractivity contribution is 5.75. The lowest BCUT2D eigenvalue weighted by atomic mass is 9.97. The molecule has 0 aromatic carbocycles. The predicted molar refractivity (Wildman–Crippen MR) is 128 cm³/mol. The molecule has 0 aliphatic heterocycles. The normalized spacial score (nSPS) is 11.5. The third-order valence-electron chi connectivity index (χ3n) is 5.08. The predicted octanol–water partition coefficient (Wildman–Crippen LogP) is 3.81. The number of aryl methyl sites for hydroxylation is 1. The number of pyridine rings is 2. The fourth-order valence-electron chi connectivity index (χ4n) is 3.21. The third-order valence-corrected chi connectivity index (χ3v) is 5.08. The molecule has 186 valence electrons. The van der Waals surface area contributed by atoms with Crippen molar-refractivity contribution < 1.29 is 18.3 Å². The minimum absolute atomic E-state index is 0.0219. The molecule has 0 atom stereocenters. The second-order valence-corrected chi connectivity index (χ2v) is 8.63. The number of halogens is 2. The fourth-order valence-corrected chi connectivity index (χ4v) is 3.21. The molecular weight excluding hydrogens is 472 g/mol. The van der Waals surface area contributed by atoms with Gasteiger partial charge in [-0.15, -0.1) is 0 Å². The molecule has 0 radical (unpaired) electrons. The number of alkyl halides is 2. The molecule has 0 aliphatic rings. The molecule has 0 amide bonds. The summed E-state index contributed by atoms with van der Waals surface area (Å²) in [7, 11) is 1.55.